The molecule has 1 atom stereocenters. The van der Waals surface area contributed by atoms with Gasteiger partial charge in [0, 0.05) is 22.0 Å². The normalized spacial score (nSPS) is 17.4. The average molecular weight is 272 g/mol. The van der Waals surface area contributed by atoms with Crippen LogP contribution in [0, 0.1) is 5.82 Å². The molecule has 0 amide bonds. The van der Waals surface area contributed by atoms with Crippen molar-refractivity contribution in [2.75, 3.05) is 4.90 Å². The minimum atomic E-state index is -0.245. The standard InChI is InChI=1S/C15H13FN2S/c1-10-17-15-7-2-12(16)8-11(15)9-18(10)13-3-5-14(19)6-4-13/h2-10,19H,1H3. The number of thiol groups is 1. The second kappa shape index (κ2) is 4.70. The Morgan fingerprint density at radius 3 is 2.63 bits per heavy atom. The van der Waals surface area contributed by atoms with Crippen LogP contribution in [-0.2, 0) is 0 Å². The van der Waals surface area contributed by atoms with E-state index >= 15 is 0 Å². The van der Waals surface area contributed by atoms with Gasteiger partial charge in [-0.2, -0.15) is 0 Å². The number of rotatable bonds is 1. The van der Waals surface area contributed by atoms with E-state index in [1.165, 1.54) is 12.1 Å². The third-order valence-electron chi connectivity index (χ3n) is 3.14. The summed E-state index contributed by atoms with van der Waals surface area (Å²) in [6.45, 7) is 2.01. The SMILES string of the molecule is CC1N=c2ccc(F)cc2=CN1c1ccc(S)cc1. The predicted octanol–water partition coefficient (Wildman–Crippen LogP) is 2.34. The molecule has 1 aliphatic heterocycles. The first-order valence-electron chi connectivity index (χ1n) is 6.06. The quantitative estimate of drug-likeness (QED) is 0.788. The Labute approximate surface area is 116 Å². The number of hydrogen-bond donors (Lipinski definition) is 1. The highest BCUT2D eigenvalue weighted by atomic mass is 32.1. The minimum absolute atomic E-state index is 0.0104. The van der Waals surface area contributed by atoms with E-state index in [1.54, 1.807) is 6.07 Å². The Morgan fingerprint density at radius 2 is 1.89 bits per heavy atom. The molecule has 1 heterocycles. The average Bonchev–Trinajstić information content (AvgIpc) is 2.40. The molecule has 0 radical (unpaired) electrons. The van der Waals surface area contributed by atoms with Crippen LogP contribution in [-0.4, -0.2) is 6.17 Å². The van der Waals surface area contributed by atoms with E-state index in [2.05, 4.69) is 17.6 Å². The minimum Gasteiger partial charge on any atom is -0.325 e. The van der Waals surface area contributed by atoms with Crippen molar-refractivity contribution in [1.82, 2.24) is 0 Å². The van der Waals surface area contributed by atoms with E-state index in [9.17, 15) is 4.39 Å². The van der Waals surface area contributed by atoms with Gasteiger partial charge in [0.1, 0.15) is 12.0 Å². The fourth-order valence-corrected chi connectivity index (χ4v) is 2.33. The summed E-state index contributed by atoms with van der Waals surface area (Å²) in [5, 5.41) is 1.63. The molecule has 0 bridgehead atoms. The molecular formula is C15H13FN2S. The molecule has 0 saturated heterocycles. The van der Waals surface area contributed by atoms with Gasteiger partial charge in [-0.25, -0.2) is 4.39 Å². The lowest BCUT2D eigenvalue weighted by molar-refractivity contribution is 0.623. The molecule has 3 rings (SSSR count). The Kier molecular flexibility index (Phi) is 3.03. The van der Waals surface area contributed by atoms with Crippen molar-refractivity contribution >= 4 is 24.5 Å². The fraction of sp³-hybridized carbons (Fsp3) is 0.133. The second-order valence-electron chi connectivity index (χ2n) is 4.52. The molecule has 96 valence electrons. The van der Waals surface area contributed by atoms with Gasteiger partial charge in [-0.15, -0.1) is 12.6 Å². The Bertz CT molecular complexity index is 725. The van der Waals surface area contributed by atoms with Gasteiger partial charge in [0.25, 0.3) is 0 Å². The van der Waals surface area contributed by atoms with Crippen LogP contribution in [0.4, 0.5) is 10.1 Å². The van der Waals surface area contributed by atoms with Crippen LogP contribution in [0.5, 0.6) is 0 Å². The summed E-state index contributed by atoms with van der Waals surface area (Å²) in [5.74, 6) is -0.245. The summed E-state index contributed by atoms with van der Waals surface area (Å²) in [7, 11) is 0. The van der Waals surface area contributed by atoms with Crippen LogP contribution in [0.25, 0.3) is 6.20 Å². The van der Waals surface area contributed by atoms with Crippen molar-refractivity contribution in [3.8, 4) is 0 Å². The summed E-state index contributed by atoms with van der Waals surface area (Å²) in [4.78, 5) is 7.51. The van der Waals surface area contributed by atoms with Gasteiger partial charge in [0.2, 0.25) is 0 Å². The van der Waals surface area contributed by atoms with E-state index < -0.39 is 0 Å². The number of fused-ring (bicyclic) bond motifs is 1. The Balaban J connectivity index is 2.11. The van der Waals surface area contributed by atoms with Crippen LogP contribution >= 0.6 is 12.6 Å². The van der Waals surface area contributed by atoms with Crippen LogP contribution in [0.3, 0.4) is 0 Å². The third-order valence-corrected chi connectivity index (χ3v) is 3.44. The van der Waals surface area contributed by atoms with Crippen molar-refractivity contribution < 1.29 is 4.39 Å². The maximum absolute atomic E-state index is 13.3. The Hall–Kier alpha value is -1.81. The Morgan fingerprint density at radius 1 is 1.16 bits per heavy atom. The summed E-state index contributed by atoms with van der Waals surface area (Å²) >= 11 is 4.27. The number of halogens is 1. The number of hydrogen-bond acceptors (Lipinski definition) is 3. The first kappa shape index (κ1) is 12.2. The smallest absolute Gasteiger partial charge is 0.124 e. The lowest BCUT2D eigenvalue weighted by Crippen LogP contribution is -2.40. The molecule has 0 aromatic heterocycles. The van der Waals surface area contributed by atoms with Gasteiger partial charge < -0.3 is 4.90 Å². The highest BCUT2D eigenvalue weighted by Crippen LogP contribution is 2.20. The largest absolute Gasteiger partial charge is 0.325 e. The molecule has 2 nitrogen and oxygen atoms in total. The van der Waals surface area contributed by atoms with E-state index in [4.69, 9.17) is 0 Å². The predicted molar refractivity (Wildman–Crippen MR) is 77.3 cm³/mol. The zero-order valence-corrected chi connectivity index (χ0v) is 11.3. The van der Waals surface area contributed by atoms with Gasteiger partial charge in [0.15, 0.2) is 0 Å². The topological polar surface area (TPSA) is 15.6 Å². The molecular weight excluding hydrogens is 259 g/mol. The molecule has 0 saturated carbocycles. The van der Waals surface area contributed by atoms with Gasteiger partial charge in [0.05, 0.1) is 5.36 Å². The van der Waals surface area contributed by atoms with E-state index in [1.807, 2.05) is 42.3 Å². The van der Waals surface area contributed by atoms with Crippen molar-refractivity contribution in [2.24, 2.45) is 4.99 Å². The molecule has 2 aromatic carbocycles. The lowest BCUT2D eigenvalue weighted by atomic mass is 10.2. The number of anilines is 1. The van der Waals surface area contributed by atoms with Gasteiger partial charge in [-0.05, 0) is 49.4 Å². The van der Waals surface area contributed by atoms with E-state index in [0.717, 1.165) is 21.2 Å². The summed E-state index contributed by atoms with van der Waals surface area (Å²) in [5.41, 5.74) is 1.02. The summed E-state index contributed by atoms with van der Waals surface area (Å²) in [6.07, 6.45) is 1.92. The highest BCUT2D eigenvalue weighted by Gasteiger charge is 2.14. The molecule has 0 aliphatic carbocycles. The molecule has 1 aliphatic rings. The summed E-state index contributed by atoms with van der Waals surface area (Å²) < 4.78 is 13.3. The molecule has 0 fully saturated rings. The van der Waals surface area contributed by atoms with Gasteiger partial charge in [-0.3, -0.25) is 4.99 Å². The van der Waals surface area contributed by atoms with Crippen molar-refractivity contribution in [2.45, 2.75) is 18.0 Å². The zero-order valence-electron chi connectivity index (χ0n) is 10.4. The molecule has 0 N–H and O–H groups in total. The van der Waals surface area contributed by atoms with Crippen LogP contribution in [0.2, 0.25) is 0 Å². The second-order valence-corrected chi connectivity index (χ2v) is 5.03. The first-order valence-corrected chi connectivity index (χ1v) is 6.51. The number of nitrogens with zero attached hydrogens (tertiary/aromatic N) is 2. The van der Waals surface area contributed by atoms with Crippen molar-refractivity contribution in [3.05, 3.63) is 58.9 Å². The molecule has 0 spiro atoms. The lowest BCUT2D eigenvalue weighted by Gasteiger charge is -2.27. The van der Waals surface area contributed by atoms with E-state index in [0.29, 0.717) is 0 Å². The zero-order chi connectivity index (χ0) is 13.4. The molecule has 19 heavy (non-hydrogen) atoms. The van der Waals surface area contributed by atoms with Crippen LogP contribution in [0.15, 0.2) is 52.4 Å². The number of benzene rings is 2. The maximum Gasteiger partial charge on any atom is 0.124 e. The van der Waals surface area contributed by atoms with Crippen LogP contribution < -0.4 is 15.5 Å². The van der Waals surface area contributed by atoms with Gasteiger partial charge in [-0.1, -0.05) is 0 Å². The summed E-state index contributed by atoms with van der Waals surface area (Å²) in [6, 6.07) is 12.5. The first-order chi connectivity index (χ1) is 9.13. The molecule has 2 aromatic rings. The van der Waals surface area contributed by atoms with Crippen molar-refractivity contribution in [3.63, 3.8) is 0 Å². The van der Waals surface area contributed by atoms with Gasteiger partial charge >= 0.3 is 0 Å². The third kappa shape index (κ3) is 2.36. The maximum atomic E-state index is 13.3. The monoisotopic (exact) mass is 272 g/mol. The van der Waals surface area contributed by atoms with E-state index in [-0.39, 0.29) is 12.0 Å². The van der Waals surface area contributed by atoms with Crippen LogP contribution in [0.1, 0.15) is 6.92 Å². The fourth-order valence-electron chi connectivity index (χ4n) is 2.18. The molecule has 4 heteroatoms. The van der Waals surface area contributed by atoms with Crippen molar-refractivity contribution in [1.29, 1.82) is 0 Å². The molecule has 1 unspecified atom stereocenters. The highest BCUT2D eigenvalue weighted by molar-refractivity contribution is 7.80.